The molecule has 2 N–H and O–H groups in total. The zero-order chi connectivity index (χ0) is 15.2. The minimum absolute atomic E-state index is 0. The van der Waals surface area contributed by atoms with Crippen molar-refractivity contribution in [1.29, 1.82) is 0 Å². The number of aromatic nitrogens is 1. The Morgan fingerprint density at radius 2 is 1.86 bits per heavy atom. The maximum Gasteiger partial charge on any atom is 0.331 e. The zero-order valence-electron chi connectivity index (χ0n) is 11.8. The summed E-state index contributed by atoms with van der Waals surface area (Å²) in [5.74, 6) is -0.952. The van der Waals surface area contributed by atoms with Gasteiger partial charge in [-0.3, -0.25) is 4.98 Å². The Bertz CT molecular complexity index is 695. The third-order valence-corrected chi connectivity index (χ3v) is 2.94. The standard InChI is InChI=1S/C16H14N2O3.ClH/c1-11(16(19)20)9-12-4-6-13(7-5-12)15(18-21)14-3-2-8-17-10-14;/h2-10,21H,1H3,(H,19,20);1H/b11-9+,18-15-;. The van der Waals surface area contributed by atoms with Crippen molar-refractivity contribution in [3.8, 4) is 0 Å². The van der Waals surface area contributed by atoms with Crippen LogP contribution < -0.4 is 0 Å². The highest BCUT2D eigenvalue weighted by molar-refractivity contribution is 6.12. The summed E-state index contributed by atoms with van der Waals surface area (Å²) in [5.41, 5.74) is 2.85. The van der Waals surface area contributed by atoms with Crippen LogP contribution in [-0.2, 0) is 4.79 Å². The molecule has 0 aliphatic rings. The quantitative estimate of drug-likeness (QED) is 0.392. The van der Waals surface area contributed by atoms with Gasteiger partial charge in [0.05, 0.1) is 0 Å². The van der Waals surface area contributed by atoms with Gasteiger partial charge in [0.25, 0.3) is 0 Å². The van der Waals surface area contributed by atoms with Crippen LogP contribution in [0.3, 0.4) is 0 Å². The molecule has 0 radical (unpaired) electrons. The molecule has 1 aromatic carbocycles. The summed E-state index contributed by atoms with van der Waals surface area (Å²) >= 11 is 0. The predicted octanol–water partition coefficient (Wildman–Crippen LogP) is 3.22. The molecule has 0 bridgehead atoms. The number of carboxylic acids is 1. The lowest BCUT2D eigenvalue weighted by Gasteiger charge is -2.05. The van der Waals surface area contributed by atoms with E-state index in [0.717, 1.165) is 11.1 Å². The molecule has 114 valence electrons. The van der Waals surface area contributed by atoms with Crippen molar-refractivity contribution in [3.05, 3.63) is 71.1 Å². The van der Waals surface area contributed by atoms with E-state index in [1.165, 1.54) is 6.92 Å². The Kier molecular flexibility index (Phi) is 6.28. The molecule has 0 saturated heterocycles. The maximum atomic E-state index is 10.8. The SMILES string of the molecule is C/C(=C\c1ccc(/C(=N/O)c2cccnc2)cc1)C(=O)O.Cl. The topological polar surface area (TPSA) is 82.8 Å². The van der Waals surface area contributed by atoms with E-state index in [0.29, 0.717) is 11.3 Å². The van der Waals surface area contributed by atoms with Gasteiger partial charge in [-0.1, -0.05) is 29.4 Å². The number of hydrogen-bond acceptors (Lipinski definition) is 4. The van der Waals surface area contributed by atoms with Crippen molar-refractivity contribution in [2.24, 2.45) is 5.16 Å². The Balaban J connectivity index is 0.00000242. The molecule has 0 aliphatic heterocycles. The maximum absolute atomic E-state index is 10.8. The van der Waals surface area contributed by atoms with Crippen LogP contribution >= 0.6 is 12.4 Å². The van der Waals surface area contributed by atoms with E-state index < -0.39 is 5.97 Å². The van der Waals surface area contributed by atoms with E-state index >= 15 is 0 Å². The summed E-state index contributed by atoms with van der Waals surface area (Å²) in [4.78, 5) is 14.8. The van der Waals surface area contributed by atoms with Crippen LogP contribution in [0.25, 0.3) is 6.08 Å². The number of hydrogen-bond donors (Lipinski definition) is 2. The van der Waals surface area contributed by atoms with Crippen molar-refractivity contribution >= 4 is 30.2 Å². The zero-order valence-corrected chi connectivity index (χ0v) is 12.6. The molecule has 5 nitrogen and oxygen atoms in total. The molecule has 0 unspecified atom stereocenters. The molecular formula is C16H15ClN2O3. The van der Waals surface area contributed by atoms with Gasteiger partial charge in [0.1, 0.15) is 5.71 Å². The molecule has 2 aromatic rings. The van der Waals surface area contributed by atoms with Gasteiger partial charge in [0.15, 0.2) is 0 Å². The lowest BCUT2D eigenvalue weighted by molar-refractivity contribution is -0.132. The summed E-state index contributed by atoms with van der Waals surface area (Å²) in [5, 5.41) is 21.4. The van der Waals surface area contributed by atoms with Gasteiger partial charge in [0, 0.05) is 29.1 Å². The second kappa shape index (κ2) is 7.95. The summed E-state index contributed by atoms with van der Waals surface area (Å²) in [6, 6.07) is 10.6. The van der Waals surface area contributed by atoms with Crippen LogP contribution in [0.1, 0.15) is 23.6 Å². The summed E-state index contributed by atoms with van der Waals surface area (Å²) in [6.45, 7) is 1.53. The first-order chi connectivity index (χ1) is 10.1. The molecule has 0 fully saturated rings. The van der Waals surface area contributed by atoms with Crippen molar-refractivity contribution < 1.29 is 15.1 Å². The van der Waals surface area contributed by atoms with E-state index in [9.17, 15) is 10.0 Å². The largest absolute Gasteiger partial charge is 0.478 e. The highest BCUT2D eigenvalue weighted by Gasteiger charge is 2.07. The molecule has 2 rings (SSSR count). The van der Waals surface area contributed by atoms with Gasteiger partial charge < -0.3 is 10.3 Å². The molecule has 1 heterocycles. The number of halogens is 1. The Morgan fingerprint density at radius 1 is 1.18 bits per heavy atom. The number of carbonyl (C=O) groups is 1. The predicted molar refractivity (Wildman–Crippen MR) is 86.6 cm³/mol. The number of carboxylic acid groups (broad SMARTS) is 1. The smallest absolute Gasteiger partial charge is 0.331 e. The van der Waals surface area contributed by atoms with Gasteiger partial charge >= 0.3 is 5.97 Å². The van der Waals surface area contributed by atoms with E-state index in [-0.39, 0.29) is 18.0 Å². The van der Waals surface area contributed by atoms with E-state index in [2.05, 4.69) is 10.1 Å². The average Bonchev–Trinajstić information content (AvgIpc) is 2.50. The summed E-state index contributed by atoms with van der Waals surface area (Å²) in [6.07, 6.45) is 4.82. The van der Waals surface area contributed by atoms with Gasteiger partial charge in [-0.25, -0.2) is 4.79 Å². The molecule has 0 spiro atoms. The van der Waals surface area contributed by atoms with Crippen LogP contribution in [0.15, 0.2) is 59.5 Å². The number of benzene rings is 1. The Hall–Kier alpha value is -2.66. The fraction of sp³-hybridized carbons (Fsp3) is 0.0625. The highest BCUT2D eigenvalue weighted by atomic mass is 35.5. The first-order valence-electron chi connectivity index (χ1n) is 6.26. The molecule has 1 aromatic heterocycles. The van der Waals surface area contributed by atoms with Crippen LogP contribution in [0, 0.1) is 0 Å². The number of aliphatic carboxylic acids is 1. The monoisotopic (exact) mass is 318 g/mol. The Labute approximate surface area is 134 Å². The molecule has 0 aliphatic carbocycles. The second-order valence-corrected chi connectivity index (χ2v) is 4.44. The number of rotatable bonds is 4. The van der Waals surface area contributed by atoms with Gasteiger partial charge in [0.2, 0.25) is 0 Å². The minimum atomic E-state index is -0.952. The fourth-order valence-corrected chi connectivity index (χ4v) is 1.83. The number of oxime groups is 1. The van der Waals surface area contributed by atoms with Crippen LogP contribution in [0.4, 0.5) is 0 Å². The van der Waals surface area contributed by atoms with Gasteiger partial charge in [-0.15, -0.1) is 12.4 Å². The average molecular weight is 319 g/mol. The highest BCUT2D eigenvalue weighted by Crippen LogP contribution is 2.13. The van der Waals surface area contributed by atoms with Gasteiger partial charge in [-0.2, -0.15) is 0 Å². The molecule has 0 atom stereocenters. The third-order valence-electron chi connectivity index (χ3n) is 2.94. The molecule has 22 heavy (non-hydrogen) atoms. The van der Waals surface area contributed by atoms with Crippen molar-refractivity contribution in [2.45, 2.75) is 6.92 Å². The first-order valence-corrected chi connectivity index (χ1v) is 6.26. The van der Waals surface area contributed by atoms with Crippen molar-refractivity contribution in [2.75, 3.05) is 0 Å². The van der Waals surface area contributed by atoms with Gasteiger partial charge in [-0.05, 0) is 30.7 Å². The summed E-state index contributed by atoms with van der Waals surface area (Å²) < 4.78 is 0. The van der Waals surface area contributed by atoms with Crippen molar-refractivity contribution in [3.63, 3.8) is 0 Å². The molecule has 0 amide bonds. The Morgan fingerprint density at radius 3 is 2.36 bits per heavy atom. The van der Waals surface area contributed by atoms with E-state index in [4.69, 9.17) is 5.11 Å². The van der Waals surface area contributed by atoms with Crippen molar-refractivity contribution in [1.82, 2.24) is 4.98 Å². The molecule has 6 heteroatoms. The van der Waals surface area contributed by atoms with Crippen LogP contribution in [0.5, 0.6) is 0 Å². The first kappa shape index (κ1) is 17.4. The number of nitrogens with zero attached hydrogens (tertiary/aromatic N) is 2. The molecular weight excluding hydrogens is 304 g/mol. The van der Waals surface area contributed by atoms with Crippen LogP contribution in [-0.4, -0.2) is 27.0 Å². The lowest BCUT2D eigenvalue weighted by Crippen LogP contribution is -2.03. The van der Waals surface area contributed by atoms with Crippen LogP contribution in [0.2, 0.25) is 0 Å². The second-order valence-electron chi connectivity index (χ2n) is 4.44. The lowest BCUT2D eigenvalue weighted by atomic mass is 10.0. The fourth-order valence-electron chi connectivity index (χ4n) is 1.83. The third kappa shape index (κ3) is 4.17. The van der Waals surface area contributed by atoms with E-state index in [1.54, 1.807) is 54.9 Å². The minimum Gasteiger partial charge on any atom is -0.478 e. The summed E-state index contributed by atoms with van der Waals surface area (Å²) in [7, 11) is 0. The normalized spacial score (nSPS) is 11.7. The molecule has 0 saturated carbocycles. The van der Waals surface area contributed by atoms with E-state index in [1.807, 2.05) is 0 Å². The number of pyridine rings is 1.